The van der Waals surface area contributed by atoms with Crippen molar-refractivity contribution >= 4 is 36.9 Å². The largest absolute Gasteiger partial charge is 0.482 e. The normalized spacial score (nSPS) is 21.0. The van der Waals surface area contributed by atoms with Gasteiger partial charge in [0.1, 0.15) is 19.8 Å². The lowest BCUT2D eigenvalue weighted by Gasteiger charge is -2.41. The summed E-state index contributed by atoms with van der Waals surface area (Å²) in [6, 6.07) is 4.25. The topological polar surface area (TPSA) is 118 Å². The zero-order valence-electron chi connectivity index (χ0n) is 17.6. The Morgan fingerprint density at radius 2 is 2.06 bits per heavy atom. The van der Waals surface area contributed by atoms with Crippen molar-refractivity contribution in [2.75, 3.05) is 12.3 Å². The third-order valence-corrected chi connectivity index (χ3v) is 6.28. The van der Waals surface area contributed by atoms with Crippen molar-refractivity contribution in [1.29, 1.82) is 0 Å². The smallest absolute Gasteiger partial charge is 0.223 e. The predicted octanol–water partition coefficient (Wildman–Crippen LogP) is 2.96. The van der Waals surface area contributed by atoms with Gasteiger partial charge in [-0.1, -0.05) is 23.2 Å². The Labute approximate surface area is 200 Å². The molecule has 1 aliphatic heterocycles. The number of nitrogen functional groups attached to an aromatic ring is 1. The van der Waals surface area contributed by atoms with E-state index in [4.69, 9.17) is 41.5 Å². The maximum Gasteiger partial charge on any atom is 0.223 e. The number of rotatable bonds is 5. The summed E-state index contributed by atoms with van der Waals surface area (Å²) >= 11 is 12.3. The van der Waals surface area contributed by atoms with E-state index in [1.807, 2.05) is 0 Å². The number of ether oxygens (including phenoxy) is 1. The van der Waals surface area contributed by atoms with Gasteiger partial charge in [0.05, 0.1) is 11.2 Å². The number of aliphatic hydroxyl groups is 2. The van der Waals surface area contributed by atoms with Crippen LogP contribution in [-0.2, 0) is 5.44 Å². The molecule has 8 nitrogen and oxygen atoms in total. The van der Waals surface area contributed by atoms with Crippen molar-refractivity contribution in [3.63, 3.8) is 0 Å². The van der Waals surface area contributed by atoms with Gasteiger partial charge in [-0.2, -0.15) is 5.10 Å². The minimum absolute atomic E-state index is 0.126. The number of aromatic nitrogens is 3. The van der Waals surface area contributed by atoms with Crippen LogP contribution in [-0.4, -0.2) is 45.3 Å². The van der Waals surface area contributed by atoms with E-state index in [1.165, 1.54) is 16.8 Å². The van der Waals surface area contributed by atoms with Crippen LogP contribution >= 0.6 is 23.2 Å². The minimum atomic E-state index is -2.08. The maximum absolute atomic E-state index is 13.9. The van der Waals surface area contributed by atoms with Gasteiger partial charge in [0, 0.05) is 52.5 Å². The molecule has 33 heavy (non-hydrogen) atoms. The lowest BCUT2D eigenvalue weighted by Crippen LogP contribution is -2.58. The third kappa shape index (κ3) is 4.80. The number of nitrogens with two attached hydrogens (primary N) is 1. The molecule has 2 unspecified atom stereocenters. The number of pyridine rings is 1. The van der Waals surface area contributed by atoms with E-state index in [2.05, 4.69) is 15.4 Å². The van der Waals surface area contributed by atoms with Crippen molar-refractivity contribution in [3.05, 3.63) is 58.2 Å². The summed E-state index contributed by atoms with van der Waals surface area (Å²) in [4.78, 5) is 4.18. The molecule has 0 amide bonds. The zero-order valence-corrected chi connectivity index (χ0v) is 19.1. The molecule has 12 heteroatoms. The van der Waals surface area contributed by atoms with Gasteiger partial charge in [0.2, 0.25) is 5.91 Å². The van der Waals surface area contributed by atoms with E-state index in [0.717, 1.165) is 0 Å². The minimum Gasteiger partial charge on any atom is -0.482 e. The fraction of sp³-hybridized carbons (Fsp3) is 0.333. The number of anilines is 1. The van der Waals surface area contributed by atoms with E-state index < -0.39 is 23.3 Å². The first-order chi connectivity index (χ1) is 15.5. The summed E-state index contributed by atoms with van der Waals surface area (Å²) in [7, 11) is 6.40. The van der Waals surface area contributed by atoms with Gasteiger partial charge in [-0.05, 0) is 31.5 Å². The summed E-state index contributed by atoms with van der Waals surface area (Å²) in [5.41, 5.74) is 6.49. The highest BCUT2D eigenvalue weighted by Gasteiger charge is 2.41. The molecule has 3 heterocycles. The van der Waals surface area contributed by atoms with E-state index in [9.17, 15) is 14.6 Å². The molecule has 1 saturated heterocycles. The summed E-state index contributed by atoms with van der Waals surface area (Å²) in [6.45, 7) is 1.98. The molecule has 0 aliphatic carbocycles. The van der Waals surface area contributed by atoms with E-state index in [1.54, 1.807) is 31.6 Å². The molecule has 1 aromatic carbocycles. The van der Waals surface area contributed by atoms with Crippen LogP contribution in [0.1, 0.15) is 31.4 Å². The molecule has 1 fully saturated rings. The van der Waals surface area contributed by atoms with Crippen molar-refractivity contribution in [1.82, 2.24) is 20.1 Å². The molecule has 2 aromatic heterocycles. The quantitative estimate of drug-likeness (QED) is 0.246. The lowest BCUT2D eigenvalue weighted by molar-refractivity contribution is -0.212. The van der Waals surface area contributed by atoms with Crippen molar-refractivity contribution in [2.24, 2.45) is 0 Å². The first kappa shape index (κ1) is 23.8. The van der Waals surface area contributed by atoms with Crippen molar-refractivity contribution in [3.8, 4) is 16.9 Å². The van der Waals surface area contributed by atoms with Crippen LogP contribution < -0.4 is 15.8 Å². The lowest BCUT2D eigenvalue weighted by atomic mass is 9.69. The Hall–Kier alpha value is -2.37. The highest BCUT2D eigenvalue weighted by atomic mass is 35.5. The van der Waals surface area contributed by atoms with Gasteiger partial charge in [-0.15, -0.1) is 0 Å². The molecule has 2 radical (unpaired) electrons. The standard InChI is InChI=1S/C21H21BCl2FN5O3/c1-11(17-14(23)2-3-15(25)18(17)24)33-16-6-12(7-27-19(16)26)13-8-29-30(9-13)20(22)4-5-28-21(31,32)10-20/h2-3,6-9,11,28,31-32H,4-5,10H2,1H3,(H2,26,27). The fourth-order valence-corrected chi connectivity index (χ4v) is 4.52. The Morgan fingerprint density at radius 1 is 1.30 bits per heavy atom. The zero-order chi connectivity index (χ0) is 24.0. The molecule has 1 aliphatic rings. The number of nitrogens with zero attached hydrogens (tertiary/aromatic N) is 3. The summed E-state index contributed by atoms with van der Waals surface area (Å²) in [5, 5.41) is 26.9. The molecule has 0 saturated carbocycles. The summed E-state index contributed by atoms with van der Waals surface area (Å²) < 4.78 is 21.3. The molecule has 3 aromatic rings. The first-order valence-electron chi connectivity index (χ1n) is 10.1. The summed E-state index contributed by atoms with van der Waals surface area (Å²) in [5.74, 6) is -2.32. The van der Waals surface area contributed by atoms with E-state index in [0.29, 0.717) is 29.7 Å². The van der Waals surface area contributed by atoms with Crippen LogP contribution in [0.3, 0.4) is 0 Å². The number of halogens is 3. The van der Waals surface area contributed by atoms with Crippen molar-refractivity contribution in [2.45, 2.75) is 37.2 Å². The van der Waals surface area contributed by atoms with Gasteiger partial charge in [-0.3, -0.25) is 10.00 Å². The second-order valence-electron chi connectivity index (χ2n) is 8.07. The summed E-state index contributed by atoms with van der Waals surface area (Å²) in [6.07, 6.45) is 4.38. The molecule has 5 N–H and O–H groups in total. The Kier molecular flexibility index (Phi) is 6.32. The molecule has 2 atom stereocenters. The maximum atomic E-state index is 13.9. The van der Waals surface area contributed by atoms with E-state index >= 15 is 0 Å². The average Bonchev–Trinajstić information content (AvgIpc) is 3.23. The van der Waals surface area contributed by atoms with Crippen LogP contribution in [0.4, 0.5) is 10.2 Å². The number of nitrogens with one attached hydrogen (secondary N) is 1. The molecular weight excluding hydrogens is 471 g/mol. The predicted molar refractivity (Wildman–Crippen MR) is 123 cm³/mol. The van der Waals surface area contributed by atoms with Crippen LogP contribution in [0.15, 0.2) is 36.8 Å². The second kappa shape index (κ2) is 8.77. The average molecular weight is 492 g/mol. The Morgan fingerprint density at radius 3 is 2.79 bits per heavy atom. The molecular formula is C21H21BCl2FN5O3. The fourth-order valence-electron chi connectivity index (χ4n) is 3.84. The van der Waals surface area contributed by atoms with Gasteiger partial charge in [-0.25, -0.2) is 9.37 Å². The van der Waals surface area contributed by atoms with E-state index in [-0.39, 0.29) is 28.0 Å². The SMILES string of the molecule is [B]C1(n2cc(-c3cnc(N)c(OC(C)c4c(Cl)ccc(F)c4Cl)c3)cn2)CCNC(O)(O)C1. The number of benzene rings is 1. The van der Waals surface area contributed by atoms with Crippen LogP contribution in [0.2, 0.25) is 10.0 Å². The van der Waals surface area contributed by atoms with Gasteiger partial charge >= 0.3 is 0 Å². The number of hydrogen-bond donors (Lipinski definition) is 4. The molecule has 172 valence electrons. The molecule has 4 rings (SSSR count). The number of piperidine rings is 1. The van der Waals surface area contributed by atoms with Gasteiger partial charge in [0.25, 0.3) is 0 Å². The second-order valence-corrected chi connectivity index (χ2v) is 8.86. The van der Waals surface area contributed by atoms with Gasteiger partial charge in [0.15, 0.2) is 11.6 Å². The Bertz CT molecular complexity index is 1190. The van der Waals surface area contributed by atoms with Crippen molar-refractivity contribution < 1.29 is 19.3 Å². The number of hydrogen-bond acceptors (Lipinski definition) is 7. The molecule has 0 spiro atoms. The molecule has 0 bridgehead atoms. The monoisotopic (exact) mass is 491 g/mol. The highest BCUT2D eigenvalue weighted by molar-refractivity contribution is 6.36. The Balaban J connectivity index is 1.61. The third-order valence-electron chi connectivity index (χ3n) is 5.56. The van der Waals surface area contributed by atoms with Crippen LogP contribution in [0.25, 0.3) is 11.1 Å². The van der Waals surface area contributed by atoms with Crippen LogP contribution in [0, 0.1) is 5.82 Å². The first-order valence-corrected chi connectivity index (χ1v) is 10.8. The highest BCUT2D eigenvalue weighted by Crippen LogP contribution is 2.37. The van der Waals surface area contributed by atoms with Crippen LogP contribution in [0.5, 0.6) is 5.75 Å². The van der Waals surface area contributed by atoms with Gasteiger partial charge < -0.3 is 20.7 Å².